The summed E-state index contributed by atoms with van der Waals surface area (Å²) in [7, 11) is 0. The second-order valence-electron chi connectivity index (χ2n) is 6.14. The molecular weight excluding hydrogens is 347 g/mol. The number of benzene rings is 1. The monoisotopic (exact) mass is 365 g/mol. The largest absolute Gasteiger partial charge is 0.416 e. The molecule has 3 rings (SSSR count). The number of carbonyl (C=O) groups is 1. The van der Waals surface area contributed by atoms with Gasteiger partial charge in [-0.2, -0.15) is 13.2 Å². The van der Waals surface area contributed by atoms with E-state index in [4.69, 9.17) is 5.73 Å². The second kappa shape index (κ2) is 7.19. The fourth-order valence-electron chi connectivity index (χ4n) is 2.84. The Morgan fingerprint density at radius 1 is 1.08 bits per heavy atom. The molecule has 6 nitrogen and oxygen atoms in total. The third-order valence-electron chi connectivity index (χ3n) is 4.36. The molecule has 0 aliphatic carbocycles. The van der Waals surface area contributed by atoms with E-state index in [1.807, 2.05) is 4.90 Å². The molecule has 1 aromatic heterocycles. The maximum Gasteiger partial charge on any atom is 0.416 e. The number of anilines is 3. The number of alkyl halides is 3. The maximum atomic E-state index is 12.6. The average Bonchev–Trinajstić information content (AvgIpc) is 2.62. The van der Waals surface area contributed by atoms with E-state index in [1.54, 1.807) is 12.1 Å². The van der Waals surface area contributed by atoms with Gasteiger partial charge in [0.15, 0.2) is 11.6 Å². The lowest BCUT2D eigenvalue weighted by atomic mass is 9.96. The average molecular weight is 365 g/mol. The minimum atomic E-state index is -4.36. The van der Waals surface area contributed by atoms with Gasteiger partial charge in [0.05, 0.1) is 5.56 Å². The number of nitrogens with one attached hydrogen (secondary N) is 1. The van der Waals surface area contributed by atoms with Crippen molar-refractivity contribution in [1.29, 1.82) is 0 Å². The van der Waals surface area contributed by atoms with Crippen LogP contribution in [0.15, 0.2) is 36.4 Å². The zero-order valence-electron chi connectivity index (χ0n) is 13.8. The van der Waals surface area contributed by atoms with E-state index in [2.05, 4.69) is 15.5 Å². The van der Waals surface area contributed by atoms with Crippen LogP contribution >= 0.6 is 0 Å². The first kappa shape index (κ1) is 18.0. The highest BCUT2D eigenvalue weighted by molar-refractivity contribution is 5.77. The van der Waals surface area contributed by atoms with Crippen LogP contribution in [-0.2, 0) is 11.0 Å². The molecule has 3 N–H and O–H groups in total. The molecule has 1 aliphatic heterocycles. The SMILES string of the molecule is NC(=O)C1CCN(c2ccc(Nc3ccc(C(F)(F)F)cc3)nn2)CC1. The Bertz CT molecular complexity index is 753. The highest BCUT2D eigenvalue weighted by Crippen LogP contribution is 2.30. The zero-order chi connectivity index (χ0) is 18.7. The summed E-state index contributed by atoms with van der Waals surface area (Å²) in [5.41, 5.74) is 5.10. The molecule has 0 radical (unpaired) electrons. The number of primary amides is 1. The molecule has 2 aromatic rings. The molecule has 2 heterocycles. The molecule has 1 fully saturated rings. The third kappa shape index (κ3) is 4.22. The van der Waals surface area contributed by atoms with Crippen LogP contribution in [0.4, 0.5) is 30.5 Å². The number of amides is 1. The number of halogens is 3. The van der Waals surface area contributed by atoms with E-state index in [0.29, 0.717) is 43.3 Å². The van der Waals surface area contributed by atoms with Crippen LogP contribution in [0.2, 0.25) is 0 Å². The van der Waals surface area contributed by atoms with Gasteiger partial charge in [-0.05, 0) is 49.2 Å². The van der Waals surface area contributed by atoms with Gasteiger partial charge in [-0.1, -0.05) is 0 Å². The molecule has 0 bridgehead atoms. The molecule has 0 saturated carbocycles. The van der Waals surface area contributed by atoms with Gasteiger partial charge in [0.1, 0.15) is 0 Å². The van der Waals surface area contributed by atoms with E-state index in [1.165, 1.54) is 12.1 Å². The van der Waals surface area contributed by atoms with Crippen LogP contribution < -0.4 is 16.0 Å². The van der Waals surface area contributed by atoms with Crippen molar-refractivity contribution in [2.24, 2.45) is 11.7 Å². The smallest absolute Gasteiger partial charge is 0.369 e. The Kier molecular flexibility index (Phi) is 4.97. The van der Waals surface area contributed by atoms with Crippen molar-refractivity contribution < 1.29 is 18.0 Å². The number of aromatic nitrogens is 2. The van der Waals surface area contributed by atoms with E-state index in [9.17, 15) is 18.0 Å². The summed E-state index contributed by atoms with van der Waals surface area (Å²) in [5, 5.41) is 11.1. The maximum absolute atomic E-state index is 12.6. The van der Waals surface area contributed by atoms with Crippen molar-refractivity contribution in [3.05, 3.63) is 42.0 Å². The van der Waals surface area contributed by atoms with E-state index >= 15 is 0 Å². The standard InChI is InChI=1S/C17H18F3N5O/c18-17(19,20)12-1-3-13(4-2-12)22-14-5-6-15(24-23-14)25-9-7-11(8-10-25)16(21)26/h1-6,11H,7-10H2,(H2,21,26)(H,22,23). The van der Waals surface area contributed by atoms with Gasteiger partial charge < -0.3 is 16.0 Å². The summed E-state index contributed by atoms with van der Waals surface area (Å²) in [6, 6.07) is 8.18. The molecule has 0 unspecified atom stereocenters. The summed E-state index contributed by atoms with van der Waals surface area (Å²) in [6.45, 7) is 1.35. The predicted octanol–water partition coefficient (Wildman–Crippen LogP) is 2.94. The highest BCUT2D eigenvalue weighted by Gasteiger charge is 2.30. The molecule has 138 valence electrons. The summed E-state index contributed by atoms with van der Waals surface area (Å²) in [5.74, 6) is 0.748. The number of carbonyl (C=O) groups excluding carboxylic acids is 1. The van der Waals surface area contributed by atoms with Gasteiger partial charge >= 0.3 is 6.18 Å². The fourth-order valence-corrected chi connectivity index (χ4v) is 2.84. The first-order valence-electron chi connectivity index (χ1n) is 8.15. The Morgan fingerprint density at radius 3 is 2.23 bits per heavy atom. The molecule has 0 atom stereocenters. The topological polar surface area (TPSA) is 84.1 Å². The van der Waals surface area contributed by atoms with Crippen LogP contribution in [0, 0.1) is 5.92 Å². The van der Waals surface area contributed by atoms with Crippen LogP contribution in [-0.4, -0.2) is 29.2 Å². The Hall–Kier alpha value is -2.84. The van der Waals surface area contributed by atoms with Gasteiger partial charge in [-0.15, -0.1) is 10.2 Å². The van der Waals surface area contributed by atoms with Gasteiger partial charge in [0.25, 0.3) is 0 Å². The summed E-state index contributed by atoms with van der Waals surface area (Å²) in [6.07, 6.45) is -2.99. The van der Waals surface area contributed by atoms with Crippen molar-refractivity contribution in [3.8, 4) is 0 Å². The summed E-state index contributed by atoms with van der Waals surface area (Å²) in [4.78, 5) is 13.2. The number of hydrogen-bond donors (Lipinski definition) is 2. The number of hydrogen-bond acceptors (Lipinski definition) is 5. The van der Waals surface area contributed by atoms with Gasteiger partial charge in [0.2, 0.25) is 5.91 Å². The Morgan fingerprint density at radius 2 is 1.73 bits per heavy atom. The minimum Gasteiger partial charge on any atom is -0.369 e. The second-order valence-corrected chi connectivity index (χ2v) is 6.14. The fraction of sp³-hybridized carbons (Fsp3) is 0.353. The predicted molar refractivity (Wildman–Crippen MR) is 90.9 cm³/mol. The summed E-state index contributed by atoms with van der Waals surface area (Å²) >= 11 is 0. The van der Waals surface area contributed by atoms with Gasteiger partial charge in [-0.25, -0.2) is 0 Å². The molecule has 1 aliphatic rings. The quantitative estimate of drug-likeness (QED) is 0.870. The Labute approximate surface area is 148 Å². The van der Waals surface area contributed by atoms with Crippen molar-refractivity contribution in [3.63, 3.8) is 0 Å². The number of piperidine rings is 1. The molecular formula is C17H18F3N5O. The third-order valence-corrected chi connectivity index (χ3v) is 4.36. The molecule has 26 heavy (non-hydrogen) atoms. The molecule has 1 saturated heterocycles. The molecule has 9 heteroatoms. The normalized spacial score (nSPS) is 15.7. The highest BCUT2D eigenvalue weighted by atomic mass is 19.4. The summed E-state index contributed by atoms with van der Waals surface area (Å²) < 4.78 is 37.7. The van der Waals surface area contributed by atoms with Crippen molar-refractivity contribution in [1.82, 2.24) is 10.2 Å². The van der Waals surface area contributed by atoms with Crippen LogP contribution in [0.3, 0.4) is 0 Å². The van der Waals surface area contributed by atoms with Crippen LogP contribution in [0.25, 0.3) is 0 Å². The lowest BCUT2D eigenvalue weighted by Gasteiger charge is -2.31. The van der Waals surface area contributed by atoms with Crippen molar-refractivity contribution in [2.45, 2.75) is 19.0 Å². The van der Waals surface area contributed by atoms with Gasteiger partial charge in [-0.3, -0.25) is 4.79 Å². The molecule has 1 amide bonds. The lowest BCUT2D eigenvalue weighted by molar-refractivity contribution is -0.137. The zero-order valence-corrected chi connectivity index (χ0v) is 13.8. The number of nitrogens with zero attached hydrogens (tertiary/aromatic N) is 3. The van der Waals surface area contributed by atoms with Crippen molar-refractivity contribution >= 4 is 23.2 Å². The van der Waals surface area contributed by atoms with E-state index in [-0.39, 0.29) is 11.8 Å². The van der Waals surface area contributed by atoms with E-state index in [0.717, 1.165) is 12.1 Å². The minimum absolute atomic E-state index is 0.0974. The first-order chi connectivity index (χ1) is 12.3. The Balaban J connectivity index is 1.60. The lowest BCUT2D eigenvalue weighted by Crippen LogP contribution is -2.39. The first-order valence-corrected chi connectivity index (χ1v) is 8.15. The molecule has 0 spiro atoms. The van der Waals surface area contributed by atoms with Gasteiger partial charge in [0, 0.05) is 24.7 Å². The number of rotatable bonds is 4. The van der Waals surface area contributed by atoms with Crippen molar-refractivity contribution in [2.75, 3.05) is 23.3 Å². The molecule has 1 aromatic carbocycles. The van der Waals surface area contributed by atoms with Crippen LogP contribution in [0.1, 0.15) is 18.4 Å². The number of nitrogens with two attached hydrogens (primary N) is 1. The van der Waals surface area contributed by atoms with E-state index < -0.39 is 11.7 Å². The van der Waals surface area contributed by atoms with Crippen LogP contribution in [0.5, 0.6) is 0 Å².